The molecule has 5 nitrogen and oxygen atoms in total. The average molecular weight is 377 g/mol. The van der Waals surface area contributed by atoms with Crippen molar-refractivity contribution in [2.45, 2.75) is 71.9 Å². The van der Waals surface area contributed by atoms with E-state index in [4.69, 9.17) is 9.15 Å². The Morgan fingerprint density at radius 1 is 1.30 bits per heavy atom. The number of piperidine rings is 1. The van der Waals surface area contributed by atoms with E-state index in [9.17, 15) is 4.79 Å². The maximum atomic E-state index is 13.2. The van der Waals surface area contributed by atoms with Gasteiger partial charge in [-0.2, -0.15) is 0 Å². The molecule has 0 aromatic carbocycles. The Kier molecular flexibility index (Phi) is 6.64. The van der Waals surface area contributed by atoms with Crippen LogP contribution in [0.3, 0.4) is 0 Å². The molecule has 1 saturated heterocycles. The van der Waals surface area contributed by atoms with Gasteiger partial charge < -0.3 is 14.1 Å². The van der Waals surface area contributed by atoms with Crippen LogP contribution in [0.5, 0.6) is 0 Å². The minimum absolute atomic E-state index is 0.0522. The molecule has 2 fully saturated rings. The summed E-state index contributed by atoms with van der Waals surface area (Å²) >= 11 is 0. The monoisotopic (exact) mass is 376 g/mol. The van der Waals surface area contributed by atoms with Gasteiger partial charge in [0.25, 0.3) is 5.91 Å². The summed E-state index contributed by atoms with van der Waals surface area (Å²) in [5, 5.41) is 0. The fourth-order valence-electron chi connectivity index (χ4n) is 5.12. The molecule has 1 aliphatic carbocycles. The van der Waals surface area contributed by atoms with Gasteiger partial charge in [-0.25, -0.2) is 0 Å². The molecular formula is C22H36N2O3. The molecule has 152 valence electrons. The van der Waals surface area contributed by atoms with E-state index in [0.717, 1.165) is 63.3 Å². The Balaban J connectivity index is 1.76. The van der Waals surface area contributed by atoms with Crippen LogP contribution in [0.1, 0.15) is 74.8 Å². The Morgan fingerprint density at radius 2 is 2.04 bits per heavy atom. The van der Waals surface area contributed by atoms with E-state index in [0.29, 0.717) is 5.76 Å². The zero-order valence-corrected chi connectivity index (χ0v) is 17.6. The third kappa shape index (κ3) is 4.09. The first-order valence-electron chi connectivity index (χ1n) is 10.7. The van der Waals surface area contributed by atoms with Crippen LogP contribution in [0.2, 0.25) is 0 Å². The van der Waals surface area contributed by atoms with Crippen molar-refractivity contribution in [1.29, 1.82) is 0 Å². The van der Waals surface area contributed by atoms with Gasteiger partial charge in [-0.1, -0.05) is 27.2 Å². The van der Waals surface area contributed by atoms with E-state index in [1.54, 1.807) is 0 Å². The number of methoxy groups -OCH3 is 1. The fraction of sp³-hybridized carbons (Fsp3) is 0.773. The van der Waals surface area contributed by atoms with Crippen molar-refractivity contribution in [2.75, 3.05) is 33.3 Å². The number of amides is 1. The molecule has 2 atom stereocenters. The summed E-state index contributed by atoms with van der Waals surface area (Å²) in [5.74, 6) is 1.52. The van der Waals surface area contributed by atoms with Crippen molar-refractivity contribution in [3.63, 3.8) is 0 Å². The van der Waals surface area contributed by atoms with Gasteiger partial charge in [0.1, 0.15) is 5.76 Å². The first-order chi connectivity index (χ1) is 13.1. The molecule has 1 aromatic heterocycles. The van der Waals surface area contributed by atoms with E-state index in [1.165, 1.54) is 19.3 Å². The highest BCUT2D eigenvalue weighted by molar-refractivity contribution is 5.92. The molecule has 1 aromatic rings. The number of hydrogen-bond donors (Lipinski definition) is 0. The zero-order chi connectivity index (χ0) is 19.4. The number of aryl methyl sites for hydroxylation is 1. The van der Waals surface area contributed by atoms with Gasteiger partial charge in [0.15, 0.2) is 5.76 Å². The van der Waals surface area contributed by atoms with E-state index < -0.39 is 0 Å². The summed E-state index contributed by atoms with van der Waals surface area (Å²) in [5.41, 5.74) is 1.30. The van der Waals surface area contributed by atoms with Gasteiger partial charge in [-0.15, -0.1) is 0 Å². The van der Waals surface area contributed by atoms with Gasteiger partial charge >= 0.3 is 0 Å². The van der Waals surface area contributed by atoms with E-state index in [1.807, 2.05) is 18.1 Å². The predicted molar refractivity (Wildman–Crippen MR) is 107 cm³/mol. The summed E-state index contributed by atoms with van der Waals surface area (Å²) in [6, 6.07) is 1.99. The average Bonchev–Trinajstić information content (AvgIpc) is 3.28. The summed E-state index contributed by atoms with van der Waals surface area (Å²) < 4.78 is 11.8. The van der Waals surface area contributed by atoms with Crippen LogP contribution < -0.4 is 0 Å². The van der Waals surface area contributed by atoms with Crippen molar-refractivity contribution in [1.82, 2.24) is 9.80 Å². The molecule has 1 aliphatic heterocycles. The quantitative estimate of drug-likeness (QED) is 0.719. The third-order valence-electron chi connectivity index (χ3n) is 6.72. The van der Waals surface area contributed by atoms with Gasteiger partial charge in [-0.3, -0.25) is 9.69 Å². The molecule has 2 aliphatic rings. The van der Waals surface area contributed by atoms with E-state index in [2.05, 4.69) is 25.7 Å². The summed E-state index contributed by atoms with van der Waals surface area (Å²) in [7, 11) is 1.82. The topological polar surface area (TPSA) is 45.9 Å². The van der Waals surface area contributed by atoms with Crippen LogP contribution in [0.15, 0.2) is 10.5 Å². The minimum atomic E-state index is 0.0522. The number of rotatable bonds is 7. The first-order valence-corrected chi connectivity index (χ1v) is 10.7. The van der Waals surface area contributed by atoms with E-state index >= 15 is 0 Å². The lowest BCUT2D eigenvalue weighted by molar-refractivity contribution is -0.0301. The van der Waals surface area contributed by atoms with Crippen molar-refractivity contribution < 1.29 is 13.9 Å². The van der Waals surface area contributed by atoms with Crippen LogP contribution >= 0.6 is 0 Å². The summed E-state index contributed by atoms with van der Waals surface area (Å²) in [4.78, 5) is 17.6. The highest BCUT2D eigenvalue weighted by Gasteiger charge is 2.47. The van der Waals surface area contributed by atoms with Gasteiger partial charge in [-0.05, 0) is 44.8 Å². The molecular weight excluding hydrogens is 340 g/mol. The Bertz CT molecular complexity index is 638. The minimum Gasteiger partial charge on any atom is -0.456 e. The fourth-order valence-corrected chi connectivity index (χ4v) is 5.12. The SMILES string of the molecule is CCc1oc(C(=O)N2CCC[C@@]3(CCC[C@H]3OC)C2)cc1CN(CC)CC. The largest absolute Gasteiger partial charge is 0.456 e. The number of ether oxygens (including phenoxy) is 1. The van der Waals surface area contributed by atoms with Crippen molar-refractivity contribution in [2.24, 2.45) is 5.41 Å². The number of carbonyl (C=O) groups is 1. The normalized spacial score (nSPS) is 25.7. The van der Waals surface area contributed by atoms with Crippen molar-refractivity contribution in [3.05, 3.63) is 23.2 Å². The van der Waals surface area contributed by atoms with Crippen LogP contribution in [0.4, 0.5) is 0 Å². The second kappa shape index (κ2) is 8.78. The molecule has 2 heterocycles. The first kappa shape index (κ1) is 20.4. The number of carbonyl (C=O) groups excluding carboxylic acids is 1. The number of likely N-dealkylation sites (tertiary alicyclic amines) is 1. The second-order valence-electron chi connectivity index (χ2n) is 8.18. The zero-order valence-electron chi connectivity index (χ0n) is 17.6. The van der Waals surface area contributed by atoms with Crippen molar-refractivity contribution in [3.8, 4) is 0 Å². The number of furan rings is 1. The second-order valence-corrected chi connectivity index (χ2v) is 8.18. The van der Waals surface area contributed by atoms with Crippen molar-refractivity contribution >= 4 is 5.91 Å². The number of hydrogen-bond acceptors (Lipinski definition) is 4. The molecule has 27 heavy (non-hydrogen) atoms. The summed E-state index contributed by atoms with van der Waals surface area (Å²) in [6.07, 6.45) is 6.82. The van der Waals surface area contributed by atoms with Gasteiger partial charge in [0, 0.05) is 44.1 Å². The molecule has 0 radical (unpaired) electrons. The smallest absolute Gasteiger partial charge is 0.289 e. The Morgan fingerprint density at radius 3 is 2.70 bits per heavy atom. The van der Waals surface area contributed by atoms with E-state index in [-0.39, 0.29) is 17.4 Å². The Hall–Kier alpha value is -1.33. The standard InChI is InChI=1S/C22H36N2O3/c1-5-18-17(15-23(6-2)7-3)14-19(27-18)21(25)24-13-9-12-22(16-24)11-8-10-20(22)26-4/h14,20H,5-13,15-16H2,1-4H3/t20-,22+/m1/s1. The molecule has 5 heteroatoms. The lowest BCUT2D eigenvalue weighted by Crippen LogP contribution is -2.49. The third-order valence-corrected chi connectivity index (χ3v) is 6.72. The predicted octanol–water partition coefficient (Wildman–Crippen LogP) is 4.11. The molecule has 3 rings (SSSR count). The van der Waals surface area contributed by atoms with Gasteiger partial charge in [0.2, 0.25) is 0 Å². The van der Waals surface area contributed by atoms with Gasteiger partial charge in [0.05, 0.1) is 6.10 Å². The molecule has 0 bridgehead atoms. The van der Waals surface area contributed by atoms with Crippen LogP contribution in [0.25, 0.3) is 0 Å². The van der Waals surface area contributed by atoms with Crippen LogP contribution in [-0.2, 0) is 17.7 Å². The molecule has 1 spiro atoms. The maximum Gasteiger partial charge on any atom is 0.289 e. The summed E-state index contributed by atoms with van der Waals surface area (Å²) in [6.45, 7) is 10.9. The lowest BCUT2D eigenvalue weighted by Gasteiger charge is -2.43. The molecule has 1 amide bonds. The Labute approximate surface area is 164 Å². The van der Waals surface area contributed by atoms with Crippen LogP contribution in [-0.4, -0.2) is 55.1 Å². The highest BCUT2D eigenvalue weighted by Crippen LogP contribution is 2.46. The maximum absolute atomic E-state index is 13.2. The van der Waals surface area contributed by atoms with Crippen LogP contribution in [0, 0.1) is 5.41 Å². The molecule has 1 saturated carbocycles. The lowest BCUT2D eigenvalue weighted by atomic mass is 9.76. The highest BCUT2D eigenvalue weighted by atomic mass is 16.5. The molecule has 0 N–H and O–H groups in total. The number of nitrogens with zero attached hydrogens (tertiary/aromatic N) is 2. The molecule has 0 unspecified atom stereocenters.